The van der Waals surface area contributed by atoms with Crippen LogP contribution in [0, 0.1) is 0 Å². The molecule has 0 saturated carbocycles. The summed E-state index contributed by atoms with van der Waals surface area (Å²) in [5.41, 5.74) is 0.363. The normalized spacial score (nSPS) is 15.6. The average Bonchev–Trinajstić information content (AvgIpc) is 2.32. The van der Waals surface area contributed by atoms with Crippen LogP contribution in [0.4, 0.5) is 0 Å². The number of benzene rings is 1. The lowest BCUT2D eigenvalue weighted by atomic mass is 10.1. The zero-order valence-corrected chi connectivity index (χ0v) is 9.70. The number of hydrogen-bond acceptors (Lipinski definition) is 3. The number of rotatable bonds is 1. The highest BCUT2D eigenvalue weighted by Gasteiger charge is 2.22. The van der Waals surface area contributed by atoms with Crippen molar-refractivity contribution in [2.75, 3.05) is 19.6 Å². The van der Waals surface area contributed by atoms with Crippen LogP contribution in [-0.2, 0) is 4.79 Å². The van der Waals surface area contributed by atoms with Crippen LogP contribution in [0.3, 0.4) is 0 Å². The van der Waals surface area contributed by atoms with Gasteiger partial charge in [0.25, 0.3) is 5.91 Å². The second kappa shape index (κ2) is 4.63. The molecule has 90 valence electrons. The van der Waals surface area contributed by atoms with Gasteiger partial charge in [-0.15, -0.1) is 0 Å². The Morgan fingerprint density at radius 1 is 1.47 bits per heavy atom. The summed E-state index contributed by atoms with van der Waals surface area (Å²) < 4.78 is 0. The first-order valence-corrected chi connectivity index (χ1v) is 5.50. The molecule has 1 heterocycles. The van der Waals surface area contributed by atoms with E-state index in [1.54, 1.807) is 0 Å². The van der Waals surface area contributed by atoms with E-state index >= 15 is 0 Å². The molecule has 1 aliphatic rings. The summed E-state index contributed by atoms with van der Waals surface area (Å²) in [7, 11) is 0. The van der Waals surface area contributed by atoms with Crippen LogP contribution in [0.5, 0.6) is 5.75 Å². The standard InChI is InChI=1S/C11H11ClN2O3/c12-8-5-7(1-2-9(8)15)11(17)14-4-3-13-10(16)6-14/h1-2,5,15H,3-4,6H2,(H,13,16). The third-order valence-corrected chi connectivity index (χ3v) is 2.82. The quantitative estimate of drug-likeness (QED) is 0.772. The van der Waals surface area contributed by atoms with Crippen molar-refractivity contribution in [3.8, 4) is 5.75 Å². The molecule has 6 heteroatoms. The maximum absolute atomic E-state index is 12.0. The Hall–Kier alpha value is -1.75. The minimum Gasteiger partial charge on any atom is -0.506 e. The molecule has 2 amide bonds. The molecule has 17 heavy (non-hydrogen) atoms. The highest BCUT2D eigenvalue weighted by Crippen LogP contribution is 2.24. The van der Waals surface area contributed by atoms with Crippen molar-refractivity contribution in [2.45, 2.75) is 0 Å². The van der Waals surface area contributed by atoms with Gasteiger partial charge in [-0.1, -0.05) is 11.6 Å². The van der Waals surface area contributed by atoms with Crippen molar-refractivity contribution in [3.05, 3.63) is 28.8 Å². The largest absolute Gasteiger partial charge is 0.506 e. The zero-order chi connectivity index (χ0) is 12.4. The first kappa shape index (κ1) is 11.7. The van der Waals surface area contributed by atoms with Gasteiger partial charge in [-0.2, -0.15) is 0 Å². The summed E-state index contributed by atoms with van der Waals surface area (Å²) in [6.45, 7) is 0.983. The van der Waals surface area contributed by atoms with Gasteiger partial charge >= 0.3 is 0 Å². The lowest BCUT2D eigenvalue weighted by Crippen LogP contribution is -2.49. The van der Waals surface area contributed by atoms with Crippen molar-refractivity contribution in [3.63, 3.8) is 0 Å². The molecule has 1 saturated heterocycles. The molecule has 5 nitrogen and oxygen atoms in total. The maximum atomic E-state index is 12.0. The molecule has 0 unspecified atom stereocenters. The predicted molar refractivity (Wildman–Crippen MR) is 62.0 cm³/mol. The van der Waals surface area contributed by atoms with E-state index in [9.17, 15) is 14.7 Å². The minimum atomic E-state index is -0.262. The molecule has 2 N–H and O–H groups in total. The SMILES string of the molecule is O=C1CN(C(=O)c2ccc(O)c(Cl)c2)CCN1. The van der Waals surface area contributed by atoms with Crippen LogP contribution in [0.2, 0.25) is 5.02 Å². The molecule has 1 fully saturated rings. The number of nitrogens with one attached hydrogen (secondary N) is 1. The van der Waals surface area contributed by atoms with Crippen LogP contribution in [-0.4, -0.2) is 41.5 Å². The third kappa shape index (κ3) is 2.50. The number of phenolic OH excluding ortho intramolecular Hbond substituents is 1. The van der Waals surface area contributed by atoms with Crippen molar-refractivity contribution >= 4 is 23.4 Å². The number of aromatic hydroxyl groups is 1. The summed E-state index contributed by atoms with van der Waals surface area (Å²) in [6.07, 6.45) is 0. The minimum absolute atomic E-state index is 0.0529. The smallest absolute Gasteiger partial charge is 0.254 e. The summed E-state index contributed by atoms with van der Waals surface area (Å²) in [5, 5.41) is 12.0. The van der Waals surface area contributed by atoms with E-state index in [2.05, 4.69) is 5.32 Å². The van der Waals surface area contributed by atoms with Crippen LogP contribution >= 0.6 is 11.6 Å². The molecule has 0 radical (unpaired) electrons. The molecular weight excluding hydrogens is 244 g/mol. The first-order valence-electron chi connectivity index (χ1n) is 5.12. The van der Waals surface area contributed by atoms with Gasteiger partial charge in [-0.3, -0.25) is 9.59 Å². The molecule has 1 aromatic rings. The van der Waals surface area contributed by atoms with Crippen molar-refractivity contribution < 1.29 is 14.7 Å². The predicted octanol–water partition coefficient (Wildman–Crippen LogP) is 0.618. The molecule has 0 aliphatic carbocycles. The van der Waals surface area contributed by atoms with Crippen molar-refractivity contribution in [2.24, 2.45) is 0 Å². The molecule has 2 rings (SSSR count). The molecule has 0 atom stereocenters. The van der Waals surface area contributed by atoms with E-state index < -0.39 is 0 Å². The Bertz CT molecular complexity index is 476. The first-order chi connectivity index (χ1) is 8.08. The van der Waals surface area contributed by atoms with Crippen molar-refractivity contribution in [1.29, 1.82) is 0 Å². The summed E-state index contributed by atoms with van der Waals surface area (Å²) in [6, 6.07) is 4.24. The van der Waals surface area contributed by atoms with Gasteiger partial charge in [0.2, 0.25) is 5.91 Å². The van der Waals surface area contributed by atoms with E-state index in [0.29, 0.717) is 18.7 Å². The topological polar surface area (TPSA) is 69.6 Å². The van der Waals surface area contributed by atoms with Crippen LogP contribution < -0.4 is 5.32 Å². The second-order valence-electron chi connectivity index (χ2n) is 3.74. The third-order valence-electron chi connectivity index (χ3n) is 2.52. The Morgan fingerprint density at radius 2 is 2.24 bits per heavy atom. The highest BCUT2D eigenvalue weighted by atomic mass is 35.5. The fourth-order valence-corrected chi connectivity index (χ4v) is 1.81. The van der Waals surface area contributed by atoms with Crippen LogP contribution in [0.1, 0.15) is 10.4 Å². The van der Waals surface area contributed by atoms with Gasteiger partial charge in [0.15, 0.2) is 0 Å². The Labute approximate surface area is 103 Å². The Kier molecular flexibility index (Phi) is 3.19. The summed E-state index contributed by atoms with van der Waals surface area (Å²) >= 11 is 5.73. The maximum Gasteiger partial charge on any atom is 0.254 e. The number of hydrogen-bond donors (Lipinski definition) is 2. The number of nitrogens with zero attached hydrogens (tertiary/aromatic N) is 1. The van der Waals surface area contributed by atoms with Crippen LogP contribution in [0.25, 0.3) is 0 Å². The van der Waals surface area contributed by atoms with Gasteiger partial charge in [0.1, 0.15) is 5.75 Å². The number of carbonyl (C=O) groups excluding carboxylic acids is 2. The van der Waals surface area contributed by atoms with E-state index in [4.69, 9.17) is 11.6 Å². The van der Waals surface area contributed by atoms with Gasteiger partial charge in [0, 0.05) is 18.7 Å². The highest BCUT2D eigenvalue weighted by molar-refractivity contribution is 6.32. The average molecular weight is 255 g/mol. The number of carbonyl (C=O) groups is 2. The molecule has 1 aliphatic heterocycles. The molecule has 0 aromatic heterocycles. The van der Waals surface area contributed by atoms with Crippen LogP contribution in [0.15, 0.2) is 18.2 Å². The Morgan fingerprint density at radius 3 is 2.88 bits per heavy atom. The monoisotopic (exact) mass is 254 g/mol. The van der Waals surface area contributed by atoms with E-state index in [-0.39, 0.29) is 29.1 Å². The van der Waals surface area contributed by atoms with Gasteiger partial charge in [0.05, 0.1) is 11.6 Å². The number of phenols is 1. The fourth-order valence-electron chi connectivity index (χ4n) is 1.63. The lowest BCUT2D eigenvalue weighted by molar-refractivity contribution is -0.123. The van der Waals surface area contributed by atoms with Gasteiger partial charge in [-0.25, -0.2) is 0 Å². The fraction of sp³-hybridized carbons (Fsp3) is 0.273. The zero-order valence-electron chi connectivity index (χ0n) is 8.94. The summed E-state index contributed by atoms with van der Waals surface area (Å²) in [4.78, 5) is 24.6. The molecule has 1 aromatic carbocycles. The number of piperazine rings is 1. The number of halogens is 1. The molecule has 0 spiro atoms. The van der Waals surface area contributed by atoms with E-state index in [1.807, 2.05) is 0 Å². The Balaban J connectivity index is 2.18. The van der Waals surface area contributed by atoms with Gasteiger partial charge in [-0.05, 0) is 18.2 Å². The van der Waals surface area contributed by atoms with E-state index in [0.717, 1.165) is 0 Å². The molecule has 0 bridgehead atoms. The lowest BCUT2D eigenvalue weighted by Gasteiger charge is -2.26. The summed E-state index contributed by atoms with van der Waals surface area (Å²) in [5.74, 6) is -0.504. The second-order valence-corrected chi connectivity index (χ2v) is 4.15. The van der Waals surface area contributed by atoms with Gasteiger partial charge < -0.3 is 15.3 Å². The molecular formula is C11H11ClN2O3. The van der Waals surface area contributed by atoms with E-state index in [1.165, 1.54) is 23.1 Å². The number of amides is 2. The van der Waals surface area contributed by atoms with Crippen molar-refractivity contribution in [1.82, 2.24) is 10.2 Å².